The standard InChI is InChI=1S/C24H30N4O3/c1-13(2)20-11-18(19-12-25-28(14(3)4)22(19)26-20)24(30)31-17(7)23(29)27-21-10-15(5)8-9-16(21)6/h8-14,17H,1-7H3,(H,27,29). The molecule has 1 N–H and O–H groups in total. The van der Waals surface area contributed by atoms with E-state index in [0.29, 0.717) is 22.3 Å². The van der Waals surface area contributed by atoms with E-state index in [1.807, 2.05) is 59.7 Å². The summed E-state index contributed by atoms with van der Waals surface area (Å²) in [5.74, 6) is -0.827. The Morgan fingerprint density at radius 2 is 1.77 bits per heavy atom. The molecule has 0 radical (unpaired) electrons. The molecule has 1 atom stereocenters. The predicted octanol–water partition coefficient (Wildman–Crippen LogP) is 4.94. The highest BCUT2D eigenvalue weighted by Gasteiger charge is 2.24. The van der Waals surface area contributed by atoms with Gasteiger partial charge in [-0.1, -0.05) is 26.0 Å². The average molecular weight is 423 g/mol. The van der Waals surface area contributed by atoms with E-state index >= 15 is 0 Å². The quantitative estimate of drug-likeness (QED) is 0.569. The molecule has 2 aromatic heterocycles. The third kappa shape index (κ3) is 4.76. The first-order chi connectivity index (χ1) is 14.6. The molecule has 2 heterocycles. The van der Waals surface area contributed by atoms with Crippen LogP contribution in [-0.4, -0.2) is 32.7 Å². The zero-order valence-electron chi connectivity index (χ0n) is 19.2. The SMILES string of the molecule is Cc1ccc(C)c(NC(=O)C(C)OC(=O)c2cc(C(C)C)nc3c2cnn3C(C)C)c1. The molecule has 3 rings (SSSR count). The van der Waals surface area contributed by atoms with Gasteiger partial charge in [0.2, 0.25) is 0 Å². The number of carbonyl (C=O) groups is 2. The molecule has 3 aromatic rings. The van der Waals surface area contributed by atoms with Gasteiger partial charge in [0, 0.05) is 17.4 Å². The molecule has 0 aliphatic carbocycles. The second-order valence-electron chi connectivity index (χ2n) is 8.52. The van der Waals surface area contributed by atoms with Crippen LogP contribution in [0, 0.1) is 13.8 Å². The summed E-state index contributed by atoms with van der Waals surface area (Å²) in [6.45, 7) is 13.5. The van der Waals surface area contributed by atoms with Crippen LogP contribution < -0.4 is 5.32 Å². The number of rotatable bonds is 6. The fourth-order valence-electron chi connectivity index (χ4n) is 3.26. The van der Waals surface area contributed by atoms with Crippen LogP contribution in [0.4, 0.5) is 5.69 Å². The van der Waals surface area contributed by atoms with Crippen molar-refractivity contribution in [2.75, 3.05) is 5.32 Å². The van der Waals surface area contributed by atoms with Crippen LogP contribution in [0.5, 0.6) is 0 Å². The van der Waals surface area contributed by atoms with Gasteiger partial charge in [-0.3, -0.25) is 4.79 Å². The molecule has 7 heteroatoms. The van der Waals surface area contributed by atoms with Gasteiger partial charge >= 0.3 is 5.97 Å². The molecule has 31 heavy (non-hydrogen) atoms. The monoisotopic (exact) mass is 422 g/mol. The molecule has 0 spiro atoms. The van der Waals surface area contributed by atoms with Crippen molar-refractivity contribution in [2.24, 2.45) is 0 Å². The Kier molecular flexibility index (Phi) is 6.43. The fraction of sp³-hybridized carbons (Fsp3) is 0.417. The van der Waals surface area contributed by atoms with Crippen molar-refractivity contribution in [3.8, 4) is 0 Å². The van der Waals surface area contributed by atoms with Gasteiger partial charge in [-0.15, -0.1) is 0 Å². The molecule has 0 saturated heterocycles. The minimum atomic E-state index is -0.960. The predicted molar refractivity (Wildman–Crippen MR) is 121 cm³/mol. The lowest BCUT2D eigenvalue weighted by Gasteiger charge is -2.16. The third-order valence-electron chi connectivity index (χ3n) is 5.19. The summed E-state index contributed by atoms with van der Waals surface area (Å²) in [6, 6.07) is 7.64. The molecule has 1 amide bonds. The van der Waals surface area contributed by atoms with Crippen molar-refractivity contribution in [1.29, 1.82) is 0 Å². The summed E-state index contributed by atoms with van der Waals surface area (Å²) >= 11 is 0. The largest absolute Gasteiger partial charge is 0.449 e. The van der Waals surface area contributed by atoms with Crippen LogP contribution in [0.2, 0.25) is 0 Å². The zero-order valence-corrected chi connectivity index (χ0v) is 19.2. The molecule has 0 aliphatic heterocycles. The van der Waals surface area contributed by atoms with Gasteiger partial charge in [-0.05, 0) is 63.8 Å². The number of hydrogen-bond acceptors (Lipinski definition) is 5. The molecular weight excluding hydrogens is 392 g/mol. The van der Waals surface area contributed by atoms with Crippen molar-refractivity contribution >= 4 is 28.6 Å². The highest BCUT2D eigenvalue weighted by atomic mass is 16.5. The van der Waals surface area contributed by atoms with Gasteiger partial charge in [0.15, 0.2) is 11.8 Å². The summed E-state index contributed by atoms with van der Waals surface area (Å²) in [7, 11) is 0. The Hall–Kier alpha value is -3.22. The molecule has 7 nitrogen and oxygen atoms in total. The second kappa shape index (κ2) is 8.88. The number of fused-ring (bicyclic) bond motifs is 1. The van der Waals surface area contributed by atoms with Crippen molar-refractivity contribution in [2.45, 2.75) is 66.5 Å². The third-order valence-corrected chi connectivity index (χ3v) is 5.19. The smallest absolute Gasteiger partial charge is 0.339 e. The number of benzene rings is 1. The van der Waals surface area contributed by atoms with Crippen LogP contribution in [0.1, 0.15) is 73.8 Å². The molecule has 164 valence electrons. The molecule has 0 aliphatic rings. The Bertz CT molecular complexity index is 1130. The number of hydrogen-bond donors (Lipinski definition) is 1. The van der Waals surface area contributed by atoms with Gasteiger partial charge in [-0.25, -0.2) is 14.5 Å². The van der Waals surface area contributed by atoms with Crippen LogP contribution in [-0.2, 0) is 9.53 Å². The molecule has 1 aromatic carbocycles. The Balaban J connectivity index is 1.86. The van der Waals surface area contributed by atoms with Crippen molar-refractivity contribution in [3.63, 3.8) is 0 Å². The highest BCUT2D eigenvalue weighted by molar-refractivity contribution is 6.04. The number of pyridine rings is 1. The van der Waals surface area contributed by atoms with Gasteiger partial charge in [0.25, 0.3) is 5.91 Å². The number of aryl methyl sites for hydroxylation is 2. The topological polar surface area (TPSA) is 86.1 Å². The van der Waals surface area contributed by atoms with Crippen LogP contribution in [0.25, 0.3) is 11.0 Å². The minimum Gasteiger partial charge on any atom is -0.449 e. The summed E-state index contributed by atoms with van der Waals surface area (Å²) in [5.41, 5.74) is 4.46. The first-order valence-corrected chi connectivity index (χ1v) is 10.6. The number of esters is 1. The van der Waals surface area contributed by atoms with Gasteiger partial charge in [0.1, 0.15) is 0 Å². The van der Waals surface area contributed by atoms with Crippen LogP contribution in [0.3, 0.4) is 0 Å². The molecule has 1 unspecified atom stereocenters. The zero-order chi connectivity index (χ0) is 22.9. The molecule has 0 saturated carbocycles. The Labute approximate surface area is 182 Å². The number of amides is 1. The number of anilines is 1. The summed E-state index contributed by atoms with van der Waals surface area (Å²) < 4.78 is 7.32. The Morgan fingerprint density at radius 1 is 1.06 bits per heavy atom. The van der Waals surface area contributed by atoms with E-state index in [1.54, 1.807) is 23.9 Å². The lowest BCUT2D eigenvalue weighted by Crippen LogP contribution is -2.30. The van der Waals surface area contributed by atoms with E-state index in [9.17, 15) is 9.59 Å². The van der Waals surface area contributed by atoms with Gasteiger partial charge in [0.05, 0.1) is 17.1 Å². The summed E-state index contributed by atoms with van der Waals surface area (Å²) in [4.78, 5) is 30.4. The number of ether oxygens (including phenoxy) is 1. The fourth-order valence-corrected chi connectivity index (χ4v) is 3.26. The van der Waals surface area contributed by atoms with E-state index in [1.165, 1.54) is 0 Å². The van der Waals surface area contributed by atoms with Crippen molar-refractivity contribution in [1.82, 2.24) is 14.8 Å². The van der Waals surface area contributed by atoms with E-state index in [-0.39, 0.29) is 17.9 Å². The van der Waals surface area contributed by atoms with E-state index in [2.05, 4.69) is 10.4 Å². The summed E-state index contributed by atoms with van der Waals surface area (Å²) in [5, 5.41) is 7.86. The molecule has 0 fully saturated rings. The lowest BCUT2D eigenvalue weighted by molar-refractivity contribution is -0.123. The molecular formula is C24H30N4O3. The van der Waals surface area contributed by atoms with E-state index < -0.39 is 12.1 Å². The number of nitrogens with one attached hydrogen (secondary N) is 1. The van der Waals surface area contributed by atoms with Crippen molar-refractivity contribution < 1.29 is 14.3 Å². The number of aromatic nitrogens is 3. The average Bonchev–Trinajstić information content (AvgIpc) is 3.14. The highest BCUT2D eigenvalue weighted by Crippen LogP contribution is 2.25. The van der Waals surface area contributed by atoms with E-state index in [4.69, 9.17) is 9.72 Å². The van der Waals surface area contributed by atoms with Crippen LogP contribution in [0.15, 0.2) is 30.5 Å². The number of carbonyl (C=O) groups excluding carboxylic acids is 2. The van der Waals surface area contributed by atoms with Gasteiger partial charge < -0.3 is 10.1 Å². The summed E-state index contributed by atoms with van der Waals surface area (Å²) in [6.07, 6.45) is 0.669. The van der Waals surface area contributed by atoms with E-state index in [0.717, 1.165) is 16.8 Å². The second-order valence-corrected chi connectivity index (χ2v) is 8.52. The van der Waals surface area contributed by atoms with Gasteiger partial charge in [-0.2, -0.15) is 5.10 Å². The maximum Gasteiger partial charge on any atom is 0.339 e. The first kappa shape index (κ1) is 22.5. The molecule has 0 bridgehead atoms. The first-order valence-electron chi connectivity index (χ1n) is 10.6. The lowest BCUT2D eigenvalue weighted by atomic mass is 10.1. The Morgan fingerprint density at radius 3 is 2.42 bits per heavy atom. The maximum atomic E-state index is 13.0. The minimum absolute atomic E-state index is 0.0959. The van der Waals surface area contributed by atoms with Crippen molar-refractivity contribution in [3.05, 3.63) is 52.8 Å². The maximum absolute atomic E-state index is 13.0. The number of nitrogens with zero attached hydrogens (tertiary/aromatic N) is 3. The van der Waals surface area contributed by atoms with Crippen LogP contribution >= 0.6 is 0 Å². The normalized spacial score (nSPS) is 12.4.